The zero-order valence-electron chi connectivity index (χ0n) is 17.4. The number of anilines is 1. The number of aromatic nitrogens is 4. The summed E-state index contributed by atoms with van der Waals surface area (Å²) in [5.74, 6) is 4.92. The molecule has 33 heavy (non-hydrogen) atoms. The number of aryl methyl sites for hydroxylation is 1. The molecule has 0 spiro atoms. The van der Waals surface area contributed by atoms with Crippen LogP contribution in [0, 0.1) is 18.8 Å². The molecular weight excluding hydrogens is 468 g/mol. The van der Waals surface area contributed by atoms with Crippen LogP contribution in [0.3, 0.4) is 0 Å². The molecule has 0 radical (unpaired) electrons. The summed E-state index contributed by atoms with van der Waals surface area (Å²) in [6.45, 7) is 3.21. The van der Waals surface area contributed by atoms with Crippen LogP contribution < -0.4 is 5.32 Å². The van der Waals surface area contributed by atoms with E-state index in [2.05, 4.69) is 32.2 Å². The van der Waals surface area contributed by atoms with Crippen molar-refractivity contribution in [3.05, 3.63) is 75.5 Å². The highest BCUT2D eigenvalue weighted by atomic mass is 35.5. The van der Waals surface area contributed by atoms with Gasteiger partial charge < -0.3 is 0 Å². The Balaban J connectivity index is 1.65. The number of halogens is 3. The SMILES string of the molecule is CC#Cc1cccc(-c2csc(NC(=O)c3c(C)nn(-c4ccccc4Cl)c3C(F)F)n2)n1. The molecule has 4 aromatic rings. The Labute approximate surface area is 197 Å². The number of pyridine rings is 1. The summed E-state index contributed by atoms with van der Waals surface area (Å²) >= 11 is 7.33. The number of alkyl halides is 2. The summed E-state index contributed by atoms with van der Waals surface area (Å²) in [6.07, 6.45) is -2.96. The van der Waals surface area contributed by atoms with Gasteiger partial charge in [0.1, 0.15) is 17.1 Å². The van der Waals surface area contributed by atoms with Crippen LogP contribution in [0.25, 0.3) is 17.1 Å². The van der Waals surface area contributed by atoms with Gasteiger partial charge in [0.15, 0.2) is 5.13 Å². The van der Waals surface area contributed by atoms with E-state index in [9.17, 15) is 13.6 Å². The number of carbonyl (C=O) groups is 1. The molecule has 4 rings (SSSR count). The number of thiazole rings is 1. The maximum atomic E-state index is 14.0. The predicted molar refractivity (Wildman–Crippen MR) is 124 cm³/mol. The van der Waals surface area contributed by atoms with Gasteiger partial charge in [-0.3, -0.25) is 10.1 Å². The average molecular weight is 484 g/mol. The summed E-state index contributed by atoms with van der Waals surface area (Å²) in [5, 5.41) is 8.95. The minimum atomic E-state index is -2.96. The fourth-order valence-electron chi connectivity index (χ4n) is 3.22. The molecule has 1 N–H and O–H groups in total. The molecule has 0 saturated carbocycles. The number of rotatable bonds is 5. The minimum absolute atomic E-state index is 0.145. The maximum Gasteiger partial charge on any atom is 0.281 e. The number of hydrogen-bond donors (Lipinski definition) is 1. The summed E-state index contributed by atoms with van der Waals surface area (Å²) in [7, 11) is 0. The van der Waals surface area contributed by atoms with Crippen LogP contribution in [0.4, 0.5) is 13.9 Å². The van der Waals surface area contributed by atoms with Crippen LogP contribution in [-0.2, 0) is 0 Å². The molecule has 0 saturated heterocycles. The van der Waals surface area contributed by atoms with Gasteiger partial charge in [0, 0.05) is 5.38 Å². The molecule has 6 nitrogen and oxygen atoms in total. The van der Waals surface area contributed by atoms with Gasteiger partial charge in [-0.2, -0.15) is 5.10 Å². The predicted octanol–water partition coefficient (Wildman–Crippen LogP) is 5.91. The van der Waals surface area contributed by atoms with Crippen LogP contribution in [0.2, 0.25) is 5.02 Å². The third kappa shape index (κ3) is 4.62. The second kappa shape index (κ2) is 9.48. The number of benzene rings is 1. The first-order valence-electron chi connectivity index (χ1n) is 9.68. The van der Waals surface area contributed by atoms with Gasteiger partial charge in [-0.15, -0.1) is 11.3 Å². The van der Waals surface area contributed by atoms with Crippen molar-refractivity contribution in [3.8, 4) is 28.9 Å². The summed E-state index contributed by atoms with van der Waals surface area (Å²) < 4.78 is 29.1. The molecular formula is C23H16ClF2N5OS. The van der Waals surface area contributed by atoms with Crippen molar-refractivity contribution < 1.29 is 13.6 Å². The summed E-state index contributed by atoms with van der Waals surface area (Å²) in [6, 6.07) is 11.8. The molecule has 3 aromatic heterocycles. The third-order valence-electron chi connectivity index (χ3n) is 4.60. The monoisotopic (exact) mass is 483 g/mol. The Hall–Kier alpha value is -3.61. The molecule has 0 atom stereocenters. The lowest BCUT2D eigenvalue weighted by Crippen LogP contribution is -2.15. The molecule has 10 heteroatoms. The number of nitrogens with one attached hydrogen (secondary N) is 1. The van der Waals surface area contributed by atoms with Gasteiger partial charge in [0.05, 0.1) is 27.7 Å². The third-order valence-corrected chi connectivity index (χ3v) is 5.68. The highest BCUT2D eigenvalue weighted by molar-refractivity contribution is 7.14. The Bertz CT molecular complexity index is 1400. The first kappa shape index (κ1) is 22.6. The van der Waals surface area contributed by atoms with E-state index in [-0.39, 0.29) is 27.1 Å². The van der Waals surface area contributed by atoms with Crippen molar-refractivity contribution in [1.29, 1.82) is 0 Å². The topological polar surface area (TPSA) is 72.7 Å². The van der Waals surface area contributed by atoms with Crippen LogP contribution in [-0.4, -0.2) is 25.7 Å². The normalized spacial score (nSPS) is 10.7. The van der Waals surface area contributed by atoms with Crippen molar-refractivity contribution in [3.63, 3.8) is 0 Å². The van der Waals surface area contributed by atoms with E-state index < -0.39 is 18.0 Å². The second-order valence-corrected chi connectivity index (χ2v) is 8.05. The smallest absolute Gasteiger partial charge is 0.281 e. The lowest BCUT2D eigenvalue weighted by atomic mass is 10.1. The lowest BCUT2D eigenvalue weighted by molar-refractivity contribution is 0.100. The van der Waals surface area contributed by atoms with E-state index in [1.54, 1.807) is 54.8 Å². The Morgan fingerprint density at radius 3 is 2.67 bits per heavy atom. The molecule has 0 aliphatic heterocycles. The fourth-order valence-corrected chi connectivity index (χ4v) is 4.13. The first-order valence-corrected chi connectivity index (χ1v) is 10.9. The van der Waals surface area contributed by atoms with Gasteiger partial charge >= 0.3 is 0 Å². The van der Waals surface area contributed by atoms with Gasteiger partial charge in [-0.05, 0) is 44.0 Å². The molecule has 0 aliphatic rings. The zero-order valence-corrected chi connectivity index (χ0v) is 19.0. The first-order chi connectivity index (χ1) is 15.9. The Morgan fingerprint density at radius 2 is 1.94 bits per heavy atom. The van der Waals surface area contributed by atoms with E-state index >= 15 is 0 Å². The van der Waals surface area contributed by atoms with Crippen LogP contribution >= 0.6 is 22.9 Å². The van der Waals surface area contributed by atoms with Gasteiger partial charge in [0.2, 0.25) is 0 Å². The number of amides is 1. The minimum Gasteiger partial charge on any atom is -0.298 e. The number of nitrogens with zero attached hydrogens (tertiary/aromatic N) is 4. The van der Waals surface area contributed by atoms with Crippen molar-refractivity contribution in [2.45, 2.75) is 20.3 Å². The summed E-state index contributed by atoms with van der Waals surface area (Å²) in [4.78, 5) is 21.8. The maximum absolute atomic E-state index is 14.0. The molecule has 0 fully saturated rings. The molecule has 3 heterocycles. The van der Waals surface area contributed by atoms with E-state index in [0.29, 0.717) is 17.1 Å². The van der Waals surface area contributed by atoms with Crippen LogP contribution in [0.15, 0.2) is 47.8 Å². The highest BCUT2D eigenvalue weighted by Gasteiger charge is 2.29. The second-order valence-electron chi connectivity index (χ2n) is 6.78. The van der Waals surface area contributed by atoms with Crippen molar-refractivity contribution in [1.82, 2.24) is 19.7 Å². The lowest BCUT2D eigenvalue weighted by Gasteiger charge is -2.10. The standard InChI is InChI=1S/C23H16ClF2N5OS/c1-3-7-14-8-6-10-16(27-14)17-12-33-23(28-17)29-22(32)19-13(2)30-31(20(19)21(25)26)18-11-5-4-9-15(18)24/h4-6,8-12,21H,1-2H3,(H,28,29,32). The molecule has 1 amide bonds. The van der Waals surface area contributed by atoms with Gasteiger partial charge in [-0.25, -0.2) is 23.4 Å². The largest absolute Gasteiger partial charge is 0.298 e. The van der Waals surface area contributed by atoms with Crippen LogP contribution in [0.5, 0.6) is 0 Å². The van der Waals surface area contributed by atoms with E-state index in [0.717, 1.165) is 16.0 Å². The van der Waals surface area contributed by atoms with E-state index in [1.807, 2.05) is 0 Å². The van der Waals surface area contributed by atoms with Crippen molar-refractivity contribution in [2.24, 2.45) is 0 Å². The number of hydrogen-bond acceptors (Lipinski definition) is 5. The Kier molecular flexibility index (Phi) is 6.49. The molecule has 166 valence electrons. The van der Waals surface area contributed by atoms with E-state index in [1.165, 1.54) is 6.92 Å². The molecule has 0 bridgehead atoms. The zero-order chi connectivity index (χ0) is 23.5. The van der Waals surface area contributed by atoms with Crippen LogP contribution in [0.1, 0.15) is 40.8 Å². The molecule has 0 unspecified atom stereocenters. The van der Waals surface area contributed by atoms with Gasteiger partial charge in [-0.1, -0.05) is 35.7 Å². The summed E-state index contributed by atoms with van der Waals surface area (Å²) in [5.41, 5.74) is 1.36. The van der Waals surface area contributed by atoms with E-state index in [4.69, 9.17) is 11.6 Å². The van der Waals surface area contributed by atoms with Gasteiger partial charge in [0.25, 0.3) is 12.3 Å². The highest BCUT2D eigenvalue weighted by Crippen LogP contribution is 2.32. The number of carbonyl (C=O) groups excluding carboxylic acids is 1. The Morgan fingerprint density at radius 1 is 1.15 bits per heavy atom. The fraction of sp³-hybridized carbons (Fsp3) is 0.130. The van der Waals surface area contributed by atoms with Crippen molar-refractivity contribution in [2.75, 3.05) is 5.32 Å². The quantitative estimate of drug-likeness (QED) is 0.358. The molecule has 1 aromatic carbocycles. The molecule has 0 aliphatic carbocycles. The average Bonchev–Trinajstić information content (AvgIpc) is 3.39. The number of para-hydroxylation sites is 1. The van der Waals surface area contributed by atoms with Crippen molar-refractivity contribution >= 4 is 34.0 Å².